The number of aryl methyl sites for hydroxylation is 2. The Hall–Kier alpha value is -3.02. The second kappa shape index (κ2) is 13.2. The van der Waals surface area contributed by atoms with E-state index in [0.29, 0.717) is 22.2 Å². The summed E-state index contributed by atoms with van der Waals surface area (Å²) in [6.07, 6.45) is 4.50. The second-order valence-electron chi connectivity index (χ2n) is 9.97. The summed E-state index contributed by atoms with van der Waals surface area (Å²) in [4.78, 5) is 29.1. The molecule has 2 amide bonds. The summed E-state index contributed by atoms with van der Waals surface area (Å²) >= 11 is 12.8. The van der Waals surface area contributed by atoms with Gasteiger partial charge < -0.3 is 15.0 Å². The Morgan fingerprint density at radius 2 is 1.61 bits per heavy atom. The number of rotatable bonds is 10. The van der Waals surface area contributed by atoms with Crippen molar-refractivity contribution in [3.63, 3.8) is 0 Å². The van der Waals surface area contributed by atoms with E-state index in [1.807, 2.05) is 74.5 Å². The van der Waals surface area contributed by atoms with Crippen molar-refractivity contribution in [2.24, 2.45) is 0 Å². The Bertz CT molecular complexity index is 1240. The zero-order valence-corrected chi connectivity index (χ0v) is 23.4. The number of amides is 2. The van der Waals surface area contributed by atoms with Crippen LogP contribution in [0.25, 0.3) is 0 Å². The highest BCUT2D eigenvalue weighted by atomic mass is 35.5. The number of ether oxygens (including phenoxy) is 1. The molecule has 1 fully saturated rings. The van der Waals surface area contributed by atoms with Crippen LogP contribution in [-0.4, -0.2) is 35.4 Å². The van der Waals surface area contributed by atoms with Crippen molar-refractivity contribution < 1.29 is 14.3 Å². The summed E-state index contributed by atoms with van der Waals surface area (Å²) in [6.45, 7) is 3.77. The summed E-state index contributed by atoms with van der Waals surface area (Å²) in [6, 6.07) is 20.2. The maximum Gasteiger partial charge on any atom is 0.261 e. The lowest BCUT2D eigenvalue weighted by Gasteiger charge is -2.32. The van der Waals surface area contributed by atoms with Crippen molar-refractivity contribution in [3.8, 4) is 5.75 Å². The smallest absolute Gasteiger partial charge is 0.261 e. The van der Waals surface area contributed by atoms with Gasteiger partial charge in [-0.05, 0) is 67.1 Å². The molecule has 7 heteroatoms. The molecule has 0 aromatic heterocycles. The van der Waals surface area contributed by atoms with Gasteiger partial charge in [-0.15, -0.1) is 0 Å². The molecule has 5 nitrogen and oxygen atoms in total. The van der Waals surface area contributed by atoms with Crippen LogP contribution >= 0.6 is 23.2 Å². The van der Waals surface area contributed by atoms with Crippen LogP contribution in [0.1, 0.15) is 47.9 Å². The fourth-order valence-electron chi connectivity index (χ4n) is 4.95. The van der Waals surface area contributed by atoms with Gasteiger partial charge in [-0.1, -0.05) is 84.6 Å². The summed E-state index contributed by atoms with van der Waals surface area (Å²) in [5.74, 6) is 0.113. The standard InChI is InChI=1S/C31H34Cl2N2O3/c1-21-16-26(17-22(2)30(21)33)38-20-29(36)35(19-24-12-6-9-15-27(24)32)28(18-23-10-4-3-5-11-23)31(37)34-25-13-7-8-14-25/h3-6,9-12,15-17,25,28H,7-8,13-14,18-20H2,1-2H3,(H,34,37)/t28-/m0/s1. The molecule has 0 spiro atoms. The molecule has 3 aromatic rings. The average Bonchev–Trinajstić information content (AvgIpc) is 3.42. The second-order valence-corrected chi connectivity index (χ2v) is 10.8. The van der Waals surface area contributed by atoms with Crippen LogP contribution < -0.4 is 10.1 Å². The van der Waals surface area contributed by atoms with Gasteiger partial charge in [-0.3, -0.25) is 9.59 Å². The molecule has 200 valence electrons. The van der Waals surface area contributed by atoms with Gasteiger partial charge in [-0.25, -0.2) is 0 Å². The largest absolute Gasteiger partial charge is 0.484 e. The van der Waals surface area contributed by atoms with Crippen molar-refractivity contribution in [3.05, 3.63) is 99.0 Å². The van der Waals surface area contributed by atoms with E-state index in [9.17, 15) is 9.59 Å². The number of nitrogens with one attached hydrogen (secondary N) is 1. The van der Waals surface area contributed by atoms with E-state index in [1.54, 1.807) is 11.0 Å². The van der Waals surface area contributed by atoms with E-state index in [0.717, 1.165) is 47.9 Å². The number of hydrogen-bond donors (Lipinski definition) is 1. The molecule has 1 N–H and O–H groups in total. The molecular weight excluding hydrogens is 519 g/mol. The van der Waals surface area contributed by atoms with Gasteiger partial charge in [0.25, 0.3) is 5.91 Å². The molecule has 1 aliphatic rings. The monoisotopic (exact) mass is 552 g/mol. The minimum atomic E-state index is -0.723. The molecule has 0 bridgehead atoms. The predicted molar refractivity (Wildman–Crippen MR) is 153 cm³/mol. The Balaban J connectivity index is 1.63. The molecule has 0 saturated heterocycles. The molecule has 1 atom stereocenters. The Labute approximate surface area is 235 Å². The number of nitrogens with zero attached hydrogens (tertiary/aromatic N) is 1. The number of benzene rings is 3. The van der Waals surface area contributed by atoms with Crippen LogP contribution in [-0.2, 0) is 22.6 Å². The number of carbonyl (C=O) groups excluding carboxylic acids is 2. The summed E-state index contributed by atoms with van der Waals surface area (Å²) in [5.41, 5.74) is 3.49. The van der Waals surface area contributed by atoms with Gasteiger partial charge in [0.05, 0.1) is 0 Å². The quantitative estimate of drug-likeness (QED) is 0.305. The van der Waals surface area contributed by atoms with Crippen LogP contribution in [0.4, 0.5) is 0 Å². The highest BCUT2D eigenvalue weighted by molar-refractivity contribution is 6.32. The van der Waals surface area contributed by atoms with E-state index < -0.39 is 6.04 Å². The summed E-state index contributed by atoms with van der Waals surface area (Å²) < 4.78 is 5.93. The predicted octanol–water partition coefficient (Wildman–Crippen LogP) is 6.69. The van der Waals surface area contributed by atoms with E-state index in [-0.39, 0.29) is 31.0 Å². The third-order valence-corrected chi connectivity index (χ3v) is 8.01. The number of halogens is 2. The van der Waals surface area contributed by atoms with Crippen molar-refractivity contribution >= 4 is 35.0 Å². The van der Waals surface area contributed by atoms with Gasteiger partial charge in [-0.2, -0.15) is 0 Å². The molecule has 0 radical (unpaired) electrons. The Morgan fingerprint density at radius 1 is 0.974 bits per heavy atom. The van der Waals surface area contributed by atoms with Crippen molar-refractivity contribution in [1.29, 1.82) is 0 Å². The molecule has 0 heterocycles. The third kappa shape index (κ3) is 7.30. The molecule has 4 rings (SSSR count). The summed E-state index contributed by atoms with van der Waals surface area (Å²) in [7, 11) is 0. The molecule has 3 aromatic carbocycles. The van der Waals surface area contributed by atoms with Crippen LogP contribution in [0.5, 0.6) is 5.75 Å². The van der Waals surface area contributed by atoms with E-state index >= 15 is 0 Å². The minimum Gasteiger partial charge on any atom is -0.484 e. The van der Waals surface area contributed by atoms with Crippen LogP contribution in [0.15, 0.2) is 66.7 Å². The topological polar surface area (TPSA) is 58.6 Å². The molecular formula is C31H34Cl2N2O3. The first-order chi connectivity index (χ1) is 18.3. The fraction of sp³-hybridized carbons (Fsp3) is 0.355. The fourth-order valence-corrected chi connectivity index (χ4v) is 5.25. The zero-order valence-electron chi connectivity index (χ0n) is 21.9. The lowest BCUT2D eigenvalue weighted by atomic mass is 10.0. The van der Waals surface area contributed by atoms with E-state index in [2.05, 4.69) is 5.32 Å². The Morgan fingerprint density at radius 3 is 2.26 bits per heavy atom. The maximum atomic E-state index is 13.8. The van der Waals surface area contributed by atoms with Gasteiger partial charge in [0.2, 0.25) is 5.91 Å². The number of carbonyl (C=O) groups is 2. The first kappa shape index (κ1) is 28.0. The average molecular weight is 554 g/mol. The highest BCUT2D eigenvalue weighted by Gasteiger charge is 2.32. The van der Waals surface area contributed by atoms with Crippen molar-refractivity contribution in [2.75, 3.05) is 6.61 Å². The molecule has 0 aliphatic heterocycles. The van der Waals surface area contributed by atoms with Gasteiger partial charge in [0.1, 0.15) is 11.8 Å². The third-order valence-electron chi connectivity index (χ3n) is 7.04. The number of hydrogen-bond acceptors (Lipinski definition) is 3. The maximum absolute atomic E-state index is 13.8. The zero-order chi connectivity index (χ0) is 27.1. The van der Waals surface area contributed by atoms with Gasteiger partial charge in [0.15, 0.2) is 6.61 Å². The Kier molecular flexibility index (Phi) is 9.70. The van der Waals surface area contributed by atoms with E-state index in [1.165, 1.54) is 0 Å². The van der Waals surface area contributed by atoms with Crippen LogP contribution in [0.3, 0.4) is 0 Å². The van der Waals surface area contributed by atoms with E-state index in [4.69, 9.17) is 27.9 Å². The highest BCUT2D eigenvalue weighted by Crippen LogP contribution is 2.27. The molecule has 38 heavy (non-hydrogen) atoms. The van der Waals surface area contributed by atoms with Crippen LogP contribution in [0, 0.1) is 13.8 Å². The SMILES string of the molecule is Cc1cc(OCC(=O)N(Cc2ccccc2Cl)[C@@H](Cc2ccccc2)C(=O)NC2CCCC2)cc(C)c1Cl. The lowest BCUT2D eigenvalue weighted by Crippen LogP contribution is -2.53. The van der Waals surface area contributed by atoms with Crippen molar-refractivity contribution in [1.82, 2.24) is 10.2 Å². The van der Waals surface area contributed by atoms with Gasteiger partial charge >= 0.3 is 0 Å². The first-order valence-corrected chi connectivity index (χ1v) is 13.8. The summed E-state index contributed by atoms with van der Waals surface area (Å²) in [5, 5.41) is 4.43. The van der Waals surface area contributed by atoms with Crippen LogP contribution in [0.2, 0.25) is 10.0 Å². The van der Waals surface area contributed by atoms with Gasteiger partial charge in [0, 0.05) is 29.1 Å². The first-order valence-electron chi connectivity index (χ1n) is 13.1. The molecule has 1 saturated carbocycles. The van der Waals surface area contributed by atoms with Crippen molar-refractivity contribution in [2.45, 2.75) is 64.6 Å². The molecule has 0 unspecified atom stereocenters. The molecule has 1 aliphatic carbocycles. The normalized spacial score (nSPS) is 14.2. The lowest BCUT2D eigenvalue weighted by molar-refractivity contribution is -0.143. The minimum absolute atomic E-state index is 0.134.